The fourth-order valence-electron chi connectivity index (χ4n) is 1.56. The van der Waals surface area contributed by atoms with Crippen LogP contribution < -0.4 is 11.1 Å². The van der Waals surface area contributed by atoms with Gasteiger partial charge in [-0.25, -0.2) is 9.59 Å². The molecule has 3 N–H and O–H groups in total. The Hall–Kier alpha value is -1.30. The largest absolute Gasteiger partial charge is 0.458 e. The second kappa shape index (κ2) is 8.22. The van der Waals surface area contributed by atoms with Gasteiger partial charge in [-0.05, 0) is 67.3 Å². The average Bonchev–Trinajstić information content (AvgIpc) is 2.22. The standard InChI is InChI=1S/C15H30N2O4/c1-14(2,3)20-12(18)11(9-7-8-10-16)17-13(19)21-15(4,5)6/h11H,7-10,16H2,1-6H3,(H,17,19)/t11-/m0/s1. The number of hydrogen-bond donors (Lipinski definition) is 2. The van der Waals surface area contributed by atoms with Crippen molar-refractivity contribution in [3.63, 3.8) is 0 Å². The molecule has 0 rings (SSSR count). The molecule has 1 amide bonds. The first kappa shape index (κ1) is 19.7. The number of nitrogens with one attached hydrogen (secondary N) is 1. The molecule has 0 saturated carbocycles. The molecule has 0 spiro atoms. The molecule has 0 aliphatic carbocycles. The molecule has 124 valence electrons. The molecule has 0 fully saturated rings. The van der Waals surface area contributed by atoms with E-state index in [1.54, 1.807) is 41.5 Å². The molecule has 0 bridgehead atoms. The monoisotopic (exact) mass is 302 g/mol. The van der Waals surface area contributed by atoms with Crippen molar-refractivity contribution in [3.8, 4) is 0 Å². The highest BCUT2D eigenvalue weighted by Gasteiger charge is 2.28. The number of esters is 1. The lowest BCUT2D eigenvalue weighted by Gasteiger charge is -2.26. The van der Waals surface area contributed by atoms with Crippen LogP contribution >= 0.6 is 0 Å². The lowest BCUT2D eigenvalue weighted by atomic mass is 10.1. The summed E-state index contributed by atoms with van der Waals surface area (Å²) in [5.41, 5.74) is 4.24. The Morgan fingerprint density at radius 3 is 1.95 bits per heavy atom. The van der Waals surface area contributed by atoms with Gasteiger partial charge in [0.05, 0.1) is 0 Å². The second-order valence-electron chi connectivity index (χ2n) is 7.02. The second-order valence-corrected chi connectivity index (χ2v) is 7.02. The first-order valence-electron chi connectivity index (χ1n) is 7.37. The lowest BCUT2D eigenvalue weighted by molar-refractivity contribution is -0.157. The Labute approximate surface area is 127 Å². The highest BCUT2D eigenvalue weighted by atomic mass is 16.6. The minimum absolute atomic E-state index is 0.453. The summed E-state index contributed by atoms with van der Waals surface area (Å²) in [4.78, 5) is 23.9. The summed E-state index contributed by atoms with van der Waals surface area (Å²) in [7, 11) is 0. The van der Waals surface area contributed by atoms with Gasteiger partial charge in [0.2, 0.25) is 0 Å². The van der Waals surface area contributed by atoms with E-state index in [2.05, 4.69) is 5.32 Å². The maximum absolute atomic E-state index is 12.1. The summed E-state index contributed by atoms with van der Waals surface area (Å²) in [5.74, 6) is -0.453. The molecular formula is C15H30N2O4. The van der Waals surface area contributed by atoms with Crippen LogP contribution in [0.1, 0.15) is 60.8 Å². The molecule has 6 heteroatoms. The van der Waals surface area contributed by atoms with E-state index in [0.29, 0.717) is 13.0 Å². The van der Waals surface area contributed by atoms with Crippen LogP contribution in [0.4, 0.5) is 4.79 Å². The lowest BCUT2D eigenvalue weighted by Crippen LogP contribution is -2.46. The molecule has 0 aromatic carbocycles. The van der Waals surface area contributed by atoms with Gasteiger partial charge in [0.25, 0.3) is 0 Å². The first-order valence-corrected chi connectivity index (χ1v) is 7.37. The predicted molar refractivity (Wildman–Crippen MR) is 81.9 cm³/mol. The van der Waals surface area contributed by atoms with E-state index in [-0.39, 0.29) is 0 Å². The van der Waals surface area contributed by atoms with Gasteiger partial charge < -0.3 is 20.5 Å². The summed E-state index contributed by atoms with van der Waals surface area (Å²) >= 11 is 0. The van der Waals surface area contributed by atoms with Crippen molar-refractivity contribution in [2.45, 2.75) is 78.0 Å². The minimum Gasteiger partial charge on any atom is -0.458 e. The van der Waals surface area contributed by atoms with Crippen molar-refractivity contribution in [2.75, 3.05) is 6.54 Å². The number of alkyl carbamates (subject to hydrolysis) is 1. The van der Waals surface area contributed by atoms with Crippen LogP contribution in [0.25, 0.3) is 0 Å². The molecule has 21 heavy (non-hydrogen) atoms. The molecule has 6 nitrogen and oxygen atoms in total. The molecular weight excluding hydrogens is 272 g/mol. The van der Waals surface area contributed by atoms with Gasteiger partial charge in [-0.15, -0.1) is 0 Å². The van der Waals surface area contributed by atoms with Gasteiger partial charge in [-0.1, -0.05) is 0 Å². The number of hydrogen-bond acceptors (Lipinski definition) is 5. The minimum atomic E-state index is -0.717. The van der Waals surface area contributed by atoms with Crippen LogP contribution in [0.5, 0.6) is 0 Å². The van der Waals surface area contributed by atoms with E-state index < -0.39 is 29.3 Å². The predicted octanol–water partition coefficient (Wildman–Crippen LogP) is 2.35. The van der Waals surface area contributed by atoms with E-state index in [0.717, 1.165) is 12.8 Å². The third kappa shape index (κ3) is 11.1. The zero-order valence-corrected chi connectivity index (χ0v) is 14.1. The fraction of sp³-hybridized carbons (Fsp3) is 0.867. The van der Waals surface area contributed by atoms with Crippen LogP contribution in [0.3, 0.4) is 0 Å². The van der Waals surface area contributed by atoms with Crippen molar-refractivity contribution >= 4 is 12.1 Å². The normalized spacial score (nSPS) is 13.5. The number of carbonyl (C=O) groups excluding carboxylic acids is 2. The van der Waals surface area contributed by atoms with E-state index in [1.165, 1.54) is 0 Å². The van der Waals surface area contributed by atoms with Crippen LogP contribution in [0.2, 0.25) is 0 Å². The van der Waals surface area contributed by atoms with Crippen LogP contribution in [0, 0.1) is 0 Å². The van der Waals surface area contributed by atoms with E-state index >= 15 is 0 Å². The number of rotatable bonds is 6. The molecule has 0 heterocycles. The van der Waals surface area contributed by atoms with Crippen molar-refractivity contribution in [2.24, 2.45) is 5.73 Å². The van der Waals surface area contributed by atoms with Gasteiger partial charge >= 0.3 is 12.1 Å². The molecule has 0 unspecified atom stereocenters. The Kier molecular flexibility index (Phi) is 7.71. The van der Waals surface area contributed by atoms with Gasteiger partial charge in [-0.3, -0.25) is 0 Å². The third-order valence-electron chi connectivity index (χ3n) is 2.33. The van der Waals surface area contributed by atoms with Crippen LogP contribution in [-0.2, 0) is 14.3 Å². The molecule has 0 aliphatic rings. The number of nitrogens with two attached hydrogens (primary N) is 1. The smallest absolute Gasteiger partial charge is 0.408 e. The molecule has 0 aliphatic heterocycles. The number of amides is 1. The summed E-state index contributed by atoms with van der Waals surface area (Å²) in [5, 5.41) is 2.58. The Bertz CT molecular complexity index is 343. The topological polar surface area (TPSA) is 90.6 Å². The van der Waals surface area contributed by atoms with Gasteiger partial charge in [0, 0.05) is 0 Å². The van der Waals surface area contributed by atoms with E-state index in [1.807, 2.05) is 0 Å². The summed E-state index contributed by atoms with van der Waals surface area (Å²) in [6.45, 7) is 11.2. The zero-order chi connectivity index (χ0) is 16.7. The summed E-state index contributed by atoms with van der Waals surface area (Å²) in [6.07, 6.45) is 1.38. The molecule has 0 saturated heterocycles. The Morgan fingerprint density at radius 1 is 1.00 bits per heavy atom. The number of unbranched alkanes of at least 4 members (excludes halogenated alkanes) is 1. The summed E-state index contributed by atoms with van der Waals surface area (Å²) in [6, 6.07) is -0.717. The Balaban J connectivity index is 4.65. The van der Waals surface area contributed by atoms with Gasteiger partial charge in [-0.2, -0.15) is 0 Å². The van der Waals surface area contributed by atoms with Crippen LogP contribution in [-0.4, -0.2) is 35.9 Å². The molecule has 0 aromatic rings. The Morgan fingerprint density at radius 2 is 1.52 bits per heavy atom. The maximum Gasteiger partial charge on any atom is 0.408 e. The highest BCUT2D eigenvalue weighted by Crippen LogP contribution is 2.13. The van der Waals surface area contributed by atoms with Crippen molar-refractivity contribution in [1.29, 1.82) is 0 Å². The van der Waals surface area contributed by atoms with Crippen LogP contribution in [0.15, 0.2) is 0 Å². The maximum atomic E-state index is 12.1. The number of carbonyl (C=O) groups is 2. The van der Waals surface area contributed by atoms with Gasteiger partial charge in [0.15, 0.2) is 0 Å². The van der Waals surface area contributed by atoms with Crippen molar-refractivity contribution in [3.05, 3.63) is 0 Å². The van der Waals surface area contributed by atoms with Gasteiger partial charge in [0.1, 0.15) is 17.2 Å². The average molecular weight is 302 g/mol. The zero-order valence-electron chi connectivity index (χ0n) is 14.1. The SMILES string of the molecule is CC(C)(C)OC(=O)N[C@@H](CCCCN)C(=O)OC(C)(C)C. The quantitative estimate of drug-likeness (QED) is 0.580. The van der Waals surface area contributed by atoms with E-state index in [4.69, 9.17) is 15.2 Å². The third-order valence-corrected chi connectivity index (χ3v) is 2.33. The fourth-order valence-corrected chi connectivity index (χ4v) is 1.56. The first-order chi connectivity index (χ1) is 9.44. The summed E-state index contributed by atoms with van der Waals surface area (Å²) < 4.78 is 10.5. The molecule has 1 atom stereocenters. The number of ether oxygens (including phenoxy) is 2. The molecule has 0 aromatic heterocycles. The molecule has 0 radical (unpaired) electrons. The van der Waals surface area contributed by atoms with Crippen molar-refractivity contribution in [1.82, 2.24) is 5.32 Å². The highest BCUT2D eigenvalue weighted by molar-refractivity contribution is 5.81. The van der Waals surface area contributed by atoms with E-state index in [9.17, 15) is 9.59 Å². The van der Waals surface area contributed by atoms with Crippen molar-refractivity contribution < 1.29 is 19.1 Å².